The smallest absolute Gasteiger partial charge is 0.349 e. The van der Waals surface area contributed by atoms with Crippen molar-refractivity contribution in [2.45, 2.75) is 103 Å². The Morgan fingerprint density at radius 2 is 1.73 bits per heavy atom. The fraction of sp³-hybridized carbons (Fsp3) is 0.818. The molecule has 0 unspecified atom stereocenters. The van der Waals surface area contributed by atoms with Crippen molar-refractivity contribution in [1.29, 1.82) is 0 Å². The second-order valence-corrected chi connectivity index (χ2v) is 14.9. The Hall–Kier alpha value is -1.22. The monoisotopic (exact) mass is 442 g/mol. The number of Topliss-reactive ketones (excluding diaryl/α,β-unsaturated/α-hetero) is 1. The molecule has 2 heterocycles. The van der Waals surface area contributed by atoms with Gasteiger partial charge in [-0.15, -0.1) is 0 Å². The Labute approximate surface area is 181 Å². The van der Waals surface area contributed by atoms with Gasteiger partial charge in [0, 0.05) is 22.9 Å². The van der Waals surface area contributed by atoms with E-state index in [4.69, 9.17) is 23.1 Å². The number of rotatable bonds is 6. The summed E-state index contributed by atoms with van der Waals surface area (Å²) in [5, 5.41) is -0.265. The molecule has 0 radical (unpaired) electrons. The molecule has 8 heteroatoms. The van der Waals surface area contributed by atoms with E-state index in [9.17, 15) is 9.59 Å². The van der Waals surface area contributed by atoms with E-state index in [-0.39, 0.29) is 34.5 Å². The lowest BCUT2D eigenvalue weighted by Crippen LogP contribution is -2.67. The van der Waals surface area contributed by atoms with Crippen molar-refractivity contribution in [3.63, 3.8) is 0 Å². The zero-order chi connectivity index (χ0) is 22.7. The molecule has 0 N–H and O–H groups in total. The molecule has 0 aromatic rings. The molecular weight excluding hydrogens is 404 g/mol. The molecule has 2 saturated heterocycles. The summed E-state index contributed by atoms with van der Waals surface area (Å²) in [4.78, 5) is 23.3. The van der Waals surface area contributed by atoms with Gasteiger partial charge < -0.3 is 23.1 Å². The van der Waals surface area contributed by atoms with Gasteiger partial charge >= 0.3 is 14.5 Å². The average Bonchev–Trinajstić information content (AvgIpc) is 2.59. The van der Waals surface area contributed by atoms with Crippen LogP contribution in [0.1, 0.15) is 68.2 Å². The largest absolute Gasteiger partial charge is 0.495 e. The standard InChI is InChI=1S/C22H38O7Si/c1-9-25-20(24)10-11-26-16-13-18-19(28-17(16)12-15(2)23)14-27-30(29-18,21(3,4)5)22(6,7)8/h10-11,16-19H,9,12-14H2,1-8H3/b11-10+/t16-,17+,18+,19-/m1/s1. The second-order valence-electron chi connectivity index (χ2n) is 10.2. The minimum absolute atomic E-state index is 0.0205. The van der Waals surface area contributed by atoms with Gasteiger partial charge in [0.1, 0.15) is 24.1 Å². The normalized spacial score (nSPS) is 29.3. The van der Waals surface area contributed by atoms with E-state index in [1.54, 1.807) is 6.92 Å². The van der Waals surface area contributed by atoms with E-state index in [0.717, 1.165) is 0 Å². The molecule has 0 amide bonds. The fourth-order valence-corrected chi connectivity index (χ4v) is 9.52. The fourth-order valence-electron chi connectivity index (χ4n) is 4.55. The van der Waals surface area contributed by atoms with Crippen LogP contribution in [0.5, 0.6) is 0 Å². The highest BCUT2D eigenvalue weighted by Crippen LogP contribution is 2.55. The van der Waals surface area contributed by atoms with Crippen LogP contribution in [-0.4, -0.2) is 57.9 Å². The number of esters is 1. The van der Waals surface area contributed by atoms with E-state index >= 15 is 0 Å². The number of hydrogen-bond acceptors (Lipinski definition) is 7. The van der Waals surface area contributed by atoms with Crippen molar-refractivity contribution in [2.24, 2.45) is 0 Å². The lowest BCUT2D eigenvalue weighted by Gasteiger charge is -2.56. The third-order valence-electron chi connectivity index (χ3n) is 5.62. The molecular formula is C22H38O7Si. The first-order valence-corrected chi connectivity index (χ1v) is 12.6. The van der Waals surface area contributed by atoms with Crippen LogP contribution in [0.25, 0.3) is 0 Å². The molecule has 4 atom stereocenters. The van der Waals surface area contributed by atoms with Crippen molar-refractivity contribution < 1.29 is 32.7 Å². The van der Waals surface area contributed by atoms with Crippen LogP contribution in [0, 0.1) is 0 Å². The molecule has 0 aliphatic carbocycles. The van der Waals surface area contributed by atoms with E-state index < -0.39 is 26.7 Å². The first-order chi connectivity index (χ1) is 13.8. The first kappa shape index (κ1) is 25.0. The van der Waals surface area contributed by atoms with Gasteiger partial charge in [-0.05, 0) is 13.8 Å². The minimum atomic E-state index is -2.63. The van der Waals surface area contributed by atoms with E-state index in [1.807, 2.05) is 0 Å². The maximum absolute atomic E-state index is 11.8. The van der Waals surface area contributed by atoms with Crippen LogP contribution >= 0.6 is 0 Å². The Balaban J connectivity index is 2.21. The third kappa shape index (κ3) is 5.52. The Morgan fingerprint density at radius 3 is 2.27 bits per heavy atom. The highest BCUT2D eigenvalue weighted by molar-refractivity contribution is 6.73. The number of carbonyl (C=O) groups excluding carboxylic acids is 2. The molecule has 0 saturated carbocycles. The quantitative estimate of drug-likeness (QED) is 0.266. The van der Waals surface area contributed by atoms with Crippen LogP contribution in [-0.2, 0) is 32.7 Å². The Bertz CT molecular complexity index is 633. The van der Waals surface area contributed by atoms with Crippen molar-refractivity contribution in [3.05, 3.63) is 12.3 Å². The molecule has 0 aromatic carbocycles. The molecule has 172 valence electrons. The van der Waals surface area contributed by atoms with Gasteiger partial charge in [-0.2, -0.15) is 0 Å². The molecule has 0 aromatic heterocycles. The molecule has 0 bridgehead atoms. The predicted molar refractivity (Wildman–Crippen MR) is 115 cm³/mol. The van der Waals surface area contributed by atoms with Crippen molar-refractivity contribution in [3.8, 4) is 0 Å². The van der Waals surface area contributed by atoms with Crippen LogP contribution < -0.4 is 0 Å². The summed E-state index contributed by atoms with van der Waals surface area (Å²) in [6, 6.07) is 0. The van der Waals surface area contributed by atoms with E-state index in [0.29, 0.717) is 19.6 Å². The molecule has 0 spiro atoms. The number of ether oxygens (including phenoxy) is 3. The summed E-state index contributed by atoms with van der Waals surface area (Å²) in [7, 11) is -2.63. The molecule has 7 nitrogen and oxygen atoms in total. The molecule has 2 rings (SSSR count). The Kier molecular flexibility index (Phi) is 7.93. The van der Waals surface area contributed by atoms with Gasteiger partial charge in [-0.1, -0.05) is 41.5 Å². The van der Waals surface area contributed by atoms with Crippen LogP contribution in [0.4, 0.5) is 0 Å². The van der Waals surface area contributed by atoms with Crippen LogP contribution in [0.15, 0.2) is 12.3 Å². The van der Waals surface area contributed by atoms with Crippen molar-refractivity contribution in [2.75, 3.05) is 13.2 Å². The van der Waals surface area contributed by atoms with E-state index in [1.165, 1.54) is 19.3 Å². The summed E-state index contributed by atoms with van der Waals surface area (Å²) in [6.45, 7) is 17.0. The average molecular weight is 443 g/mol. The highest BCUT2D eigenvalue weighted by Gasteiger charge is 2.63. The van der Waals surface area contributed by atoms with Gasteiger partial charge in [-0.25, -0.2) is 4.79 Å². The van der Waals surface area contributed by atoms with Gasteiger partial charge in [0.25, 0.3) is 0 Å². The molecule has 2 fully saturated rings. The van der Waals surface area contributed by atoms with Crippen LogP contribution in [0.2, 0.25) is 10.1 Å². The summed E-state index contributed by atoms with van der Waals surface area (Å²) in [6.07, 6.45) is 2.14. The lowest BCUT2D eigenvalue weighted by atomic mass is 9.95. The molecule has 30 heavy (non-hydrogen) atoms. The topological polar surface area (TPSA) is 80.3 Å². The van der Waals surface area contributed by atoms with Gasteiger partial charge in [0.2, 0.25) is 0 Å². The van der Waals surface area contributed by atoms with E-state index in [2.05, 4.69) is 41.5 Å². The van der Waals surface area contributed by atoms with Crippen molar-refractivity contribution in [1.82, 2.24) is 0 Å². The lowest BCUT2D eigenvalue weighted by molar-refractivity contribution is -0.201. The minimum Gasteiger partial charge on any atom is -0.495 e. The third-order valence-corrected chi connectivity index (χ3v) is 10.8. The maximum Gasteiger partial charge on any atom is 0.349 e. The van der Waals surface area contributed by atoms with Crippen molar-refractivity contribution >= 4 is 20.3 Å². The SMILES string of the molecule is CCOC(=O)/C=C/O[C@@H]1C[C@@H]2O[Si](C(C)(C)C)(C(C)(C)C)OC[C@H]2O[C@H]1CC(C)=O. The zero-order valence-corrected chi connectivity index (χ0v) is 20.7. The second kappa shape index (κ2) is 9.50. The van der Waals surface area contributed by atoms with Gasteiger partial charge in [0.15, 0.2) is 0 Å². The summed E-state index contributed by atoms with van der Waals surface area (Å²) >= 11 is 0. The van der Waals surface area contributed by atoms with Gasteiger partial charge in [-0.3, -0.25) is 4.79 Å². The highest BCUT2D eigenvalue weighted by atomic mass is 28.4. The summed E-state index contributed by atoms with van der Waals surface area (Å²) in [5.41, 5.74) is 0. The molecule has 2 aliphatic heterocycles. The number of fused-ring (bicyclic) bond motifs is 1. The number of carbonyl (C=O) groups is 2. The first-order valence-electron chi connectivity index (χ1n) is 10.8. The Morgan fingerprint density at radius 1 is 1.10 bits per heavy atom. The predicted octanol–water partition coefficient (Wildman–Crippen LogP) is 4.04. The number of ketones is 1. The van der Waals surface area contributed by atoms with Crippen LogP contribution in [0.3, 0.4) is 0 Å². The maximum atomic E-state index is 11.8. The summed E-state index contributed by atoms with van der Waals surface area (Å²) < 4.78 is 30.2. The van der Waals surface area contributed by atoms with Gasteiger partial charge in [0.05, 0.1) is 31.7 Å². The zero-order valence-electron chi connectivity index (χ0n) is 19.7. The number of hydrogen-bond donors (Lipinski definition) is 0. The summed E-state index contributed by atoms with van der Waals surface area (Å²) in [5.74, 6) is -0.448. The molecule has 2 aliphatic rings.